The van der Waals surface area contributed by atoms with Crippen LogP contribution < -0.4 is 4.90 Å². The van der Waals surface area contributed by atoms with Crippen LogP contribution in [0.1, 0.15) is 19.4 Å². The lowest BCUT2D eigenvalue weighted by atomic mass is 10.1. The number of hydrogen-bond acceptors (Lipinski definition) is 4. The molecule has 2 amide bonds. The van der Waals surface area contributed by atoms with Gasteiger partial charge in [-0.25, -0.2) is 14.1 Å². The number of benzene rings is 1. The van der Waals surface area contributed by atoms with Crippen LogP contribution in [0, 0.1) is 5.82 Å². The summed E-state index contributed by atoms with van der Waals surface area (Å²) in [6.07, 6.45) is 0.979. The van der Waals surface area contributed by atoms with Gasteiger partial charge >= 0.3 is 5.97 Å². The molecule has 104 valence electrons. The molecule has 0 bridgehead atoms. The first kappa shape index (κ1) is 13.9. The molecule has 1 aromatic rings. The molecule has 1 aliphatic heterocycles. The average Bonchev–Trinajstić information content (AvgIpc) is 2.65. The Hall–Kier alpha value is -2.50. The van der Waals surface area contributed by atoms with E-state index in [-0.39, 0.29) is 23.4 Å². The van der Waals surface area contributed by atoms with Gasteiger partial charge in [0.15, 0.2) is 0 Å². The number of carbonyl (C=O) groups is 3. The molecule has 0 unspecified atom stereocenters. The Labute approximate surface area is 114 Å². The van der Waals surface area contributed by atoms with Crippen LogP contribution in [-0.4, -0.2) is 24.4 Å². The maximum absolute atomic E-state index is 13.8. The van der Waals surface area contributed by atoms with E-state index in [0.29, 0.717) is 0 Å². The number of para-hydroxylation sites is 1. The maximum Gasteiger partial charge on any atom is 0.331 e. The summed E-state index contributed by atoms with van der Waals surface area (Å²) in [5.74, 6) is -2.76. The third kappa shape index (κ3) is 2.20. The predicted octanol–water partition coefficient (Wildman–Crippen LogP) is 1.67. The normalized spacial score (nSPS) is 15.4. The SMILES string of the molecule is CCOC(=O)/C=C1/C(=O)N(C(C)=O)c2c(F)cccc21. The van der Waals surface area contributed by atoms with Crippen LogP contribution in [0.2, 0.25) is 0 Å². The highest BCUT2D eigenvalue weighted by Gasteiger charge is 2.37. The van der Waals surface area contributed by atoms with Gasteiger partial charge in [0.1, 0.15) is 5.82 Å². The lowest BCUT2D eigenvalue weighted by molar-refractivity contribution is -0.137. The van der Waals surface area contributed by atoms with E-state index in [1.54, 1.807) is 6.92 Å². The Balaban J connectivity index is 2.58. The van der Waals surface area contributed by atoms with Crippen molar-refractivity contribution in [2.24, 2.45) is 0 Å². The van der Waals surface area contributed by atoms with Crippen molar-refractivity contribution in [1.82, 2.24) is 0 Å². The van der Waals surface area contributed by atoms with Gasteiger partial charge in [0.05, 0.1) is 17.9 Å². The third-order valence-corrected chi connectivity index (χ3v) is 2.80. The predicted molar refractivity (Wildman–Crippen MR) is 69.2 cm³/mol. The number of imide groups is 1. The van der Waals surface area contributed by atoms with Crippen LogP contribution in [0.4, 0.5) is 10.1 Å². The zero-order chi connectivity index (χ0) is 14.9. The zero-order valence-corrected chi connectivity index (χ0v) is 11.0. The highest BCUT2D eigenvalue weighted by atomic mass is 19.1. The van der Waals surface area contributed by atoms with Gasteiger partial charge in [-0.3, -0.25) is 9.59 Å². The van der Waals surface area contributed by atoms with Crippen LogP contribution in [-0.2, 0) is 19.1 Å². The van der Waals surface area contributed by atoms with Crippen LogP contribution in [0.15, 0.2) is 24.3 Å². The van der Waals surface area contributed by atoms with Crippen molar-refractivity contribution in [2.45, 2.75) is 13.8 Å². The summed E-state index contributed by atoms with van der Waals surface area (Å²) in [6.45, 7) is 2.94. The van der Waals surface area contributed by atoms with Crippen molar-refractivity contribution in [3.05, 3.63) is 35.7 Å². The minimum absolute atomic E-state index is 0.0480. The quantitative estimate of drug-likeness (QED) is 0.609. The van der Waals surface area contributed by atoms with E-state index in [0.717, 1.165) is 24.0 Å². The molecule has 0 saturated heterocycles. The van der Waals surface area contributed by atoms with Gasteiger partial charge in [-0.05, 0) is 13.0 Å². The van der Waals surface area contributed by atoms with Crippen LogP contribution in [0.3, 0.4) is 0 Å². The zero-order valence-electron chi connectivity index (χ0n) is 11.0. The number of ether oxygens (including phenoxy) is 1. The van der Waals surface area contributed by atoms with E-state index in [2.05, 4.69) is 0 Å². The number of nitrogens with zero attached hydrogens (tertiary/aromatic N) is 1. The van der Waals surface area contributed by atoms with Gasteiger partial charge in [0, 0.05) is 18.6 Å². The Morgan fingerprint density at radius 1 is 1.40 bits per heavy atom. The Morgan fingerprint density at radius 3 is 2.70 bits per heavy atom. The summed E-state index contributed by atoms with van der Waals surface area (Å²) >= 11 is 0. The molecule has 5 nitrogen and oxygen atoms in total. The Morgan fingerprint density at radius 2 is 2.10 bits per heavy atom. The molecule has 0 atom stereocenters. The van der Waals surface area contributed by atoms with Crippen molar-refractivity contribution in [1.29, 1.82) is 0 Å². The molecule has 0 N–H and O–H groups in total. The minimum Gasteiger partial charge on any atom is -0.463 e. The molecule has 1 aliphatic rings. The van der Waals surface area contributed by atoms with Crippen LogP contribution in [0.5, 0.6) is 0 Å². The molecule has 0 aliphatic carbocycles. The highest BCUT2D eigenvalue weighted by molar-refractivity contribution is 6.40. The molecule has 20 heavy (non-hydrogen) atoms. The molecule has 1 aromatic carbocycles. The summed E-state index contributed by atoms with van der Waals surface area (Å²) in [6, 6.07) is 4.03. The number of amides is 2. The van der Waals surface area contributed by atoms with E-state index in [9.17, 15) is 18.8 Å². The lowest BCUT2D eigenvalue weighted by Gasteiger charge is -2.12. The van der Waals surface area contributed by atoms with E-state index in [1.165, 1.54) is 12.1 Å². The molecular formula is C14H12FNO4. The molecule has 0 fully saturated rings. The number of carbonyl (C=O) groups excluding carboxylic acids is 3. The second-order valence-electron chi connectivity index (χ2n) is 4.11. The lowest BCUT2D eigenvalue weighted by Crippen LogP contribution is -2.31. The second kappa shape index (κ2) is 5.24. The summed E-state index contributed by atoms with van der Waals surface area (Å²) in [5.41, 5.74) is 0.0342. The Kier molecular flexibility index (Phi) is 3.65. The van der Waals surface area contributed by atoms with Gasteiger partial charge in [0.2, 0.25) is 5.91 Å². The number of halogens is 1. The third-order valence-electron chi connectivity index (χ3n) is 2.80. The molecule has 0 saturated carbocycles. The van der Waals surface area contributed by atoms with Crippen LogP contribution in [0.25, 0.3) is 5.57 Å². The standard InChI is InChI=1S/C14H12FNO4/c1-3-20-12(18)7-10-9-5-4-6-11(15)13(9)16(8(2)17)14(10)19/h4-7H,3H2,1-2H3/b10-7+. The number of anilines is 1. The number of hydrogen-bond donors (Lipinski definition) is 0. The fourth-order valence-electron chi connectivity index (χ4n) is 2.04. The first-order chi connectivity index (χ1) is 9.47. The minimum atomic E-state index is -0.731. The molecule has 2 rings (SSSR count). The van der Waals surface area contributed by atoms with Gasteiger partial charge in [-0.2, -0.15) is 0 Å². The highest BCUT2D eigenvalue weighted by Crippen LogP contribution is 2.38. The first-order valence-corrected chi connectivity index (χ1v) is 5.99. The smallest absolute Gasteiger partial charge is 0.331 e. The number of esters is 1. The summed E-state index contributed by atoms with van der Waals surface area (Å²) < 4.78 is 18.6. The van der Waals surface area contributed by atoms with Gasteiger partial charge in [-0.1, -0.05) is 12.1 Å². The van der Waals surface area contributed by atoms with E-state index >= 15 is 0 Å². The van der Waals surface area contributed by atoms with Crippen molar-refractivity contribution in [3.63, 3.8) is 0 Å². The average molecular weight is 277 g/mol. The number of rotatable bonds is 2. The van der Waals surface area contributed by atoms with E-state index in [1.807, 2.05) is 0 Å². The maximum atomic E-state index is 13.8. The van der Waals surface area contributed by atoms with Crippen molar-refractivity contribution in [2.75, 3.05) is 11.5 Å². The monoisotopic (exact) mass is 277 g/mol. The fourth-order valence-corrected chi connectivity index (χ4v) is 2.04. The second-order valence-corrected chi connectivity index (χ2v) is 4.11. The Bertz CT molecular complexity index is 636. The summed E-state index contributed by atoms with van der Waals surface area (Å²) in [7, 11) is 0. The summed E-state index contributed by atoms with van der Waals surface area (Å²) in [5, 5.41) is 0. The number of fused-ring (bicyclic) bond motifs is 1. The first-order valence-electron chi connectivity index (χ1n) is 5.99. The molecule has 0 spiro atoms. The van der Waals surface area contributed by atoms with Crippen molar-refractivity contribution in [3.8, 4) is 0 Å². The van der Waals surface area contributed by atoms with Gasteiger partial charge in [0.25, 0.3) is 5.91 Å². The molecule has 0 radical (unpaired) electrons. The van der Waals surface area contributed by atoms with Crippen molar-refractivity contribution < 1.29 is 23.5 Å². The topological polar surface area (TPSA) is 63.7 Å². The van der Waals surface area contributed by atoms with Gasteiger partial charge < -0.3 is 4.74 Å². The summed E-state index contributed by atoms with van der Waals surface area (Å²) in [4.78, 5) is 35.9. The molecule has 0 aromatic heterocycles. The fraction of sp³-hybridized carbons (Fsp3) is 0.214. The van der Waals surface area contributed by atoms with E-state index in [4.69, 9.17) is 4.74 Å². The molecule has 6 heteroatoms. The van der Waals surface area contributed by atoms with Crippen molar-refractivity contribution >= 4 is 29.0 Å². The molecule has 1 heterocycles. The van der Waals surface area contributed by atoms with Gasteiger partial charge in [-0.15, -0.1) is 0 Å². The van der Waals surface area contributed by atoms with Crippen LogP contribution >= 0.6 is 0 Å². The van der Waals surface area contributed by atoms with E-state index < -0.39 is 23.6 Å². The molecular weight excluding hydrogens is 265 g/mol. The largest absolute Gasteiger partial charge is 0.463 e.